The van der Waals surface area contributed by atoms with Crippen molar-refractivity contribution >= 4 is 21.8 Å². The van der Waals surface area contributed by atoms with E-state index in [4.69, 9.17) is 9.72 Å². The molecule has 0 aliphatic rings. The summed E-state index contributed by atoms with van der Waals surface area (Å²) in [5.41, 5.74) is 5.64. The van der Waals surface area contributed by atoms with Crippen molar-refractivity contribution in [1.82, 2.24) is 19.1 Å². The lowest BCUT2D eigenvalue weighted by Gasteiger charge is -2.21. The third-order valence-corrected chi connectivity index (χ3v) is 7.28. The first-order valence-electron chi connectivity index (χ1n) is 13.4. The Bertz CT molecular complexity index is 1800. The number of fused-ring (bicyclic) bond motifs is 3. The standard InChI is InChI=1S/C34H34N4O/c1-33(2,3)23-13-14-36-32(19-23)38-30-10-8-7-9-28(30)29-12-11-26(21-31(29)38)39-27-18-24(34(4,5)6)17-25(20-27)37-16-15-35-22-37/h7-22H,1-6H3. The monoisotopic (exact) mass is 514 g/mol. The van der Waals surface area contributed by atoms with Crippen LogP contribution >= 0.6 is 0 Å². The van der Waals surface area contributed by atoms with Crippen LogP contribution in [0.25, 0.3) is 33.3 Å². The van der Waals surface area contributed by atoms with Gasteiger partial charge in [-0.05, 0) is 64.4 Å². The molecule has 3 heterocycles. The Kier molecular flexibility index (Phi) is 5.83. The molecule has 0 atom stereocenters. The fourth-order valence-corrected chi connectivity index (χ4v) is 5.04. The largest absolute Gasteiger partial charge is 0.457 e. The smallest absolute Gasteiger partial charge is 0.137 e. The van der Waals surface area contributed by atoms with Crippen molar-refractivity contribution in [1.29, 1.82) is 0 Å². The minimum atomic E-state index is -0.0329. The first kappa shape index (κ1) is 24.9. The van der Waals surface area contributed by atoms with Gasteiger partial charge in [0.25, 0.3) is 0 Å². The van der Waals surface area contributed by atoms with Gasteiger partial charge in [-0.2, -0.15) is 0 Å². The molecule has 0 N–H and O–H groups in total. The Morgan fingerprint density at radius 1 is 0.667 bits per heavy atom. The van der Waals surface area contributed by atoms with Gasteiger partial charge in [0, 0.05) is 41.5 Å². The van der Waals surface area contributed by atoms with Crippen molar-refractivity contribution in [2.75, 3.05) is 0 Å². The van der Waals surface area contributed by atoms with E-state index in [9.17, 15) is 0 Å². The van der Waals surface area contributed by atoms with Crippen LogP contribution in [0.4, 0.5) is 0 Å². The first-order valence-corrected chi connectivity index (χ1v) is 13.4. The molecular formula is C34H34N4O. The summed E-state index contributed by atoms with van der Waals surface area (Å²) in [6.07, 6.45) is 7.47. The zero-order valence-corrected chi connectivity index (χ0v) is 23.4. The summed E-state index contributed by atoms with van der Waals surface area (Å²) in [5, 5.41) is 2.36. The highest BCUT2D eigenvalue weighted by molar-refractivity contribution is 6.09. The molecule has 3 aromatic heterocycles. The number of pyridine rings is 1. The molecule has 0 spiro atoms. The van der Waals surface area contributed by atoms with Crippen LogP contribution in [0.1, 0.15) is 52.7 Å². The number of hydrogen-bond acceptors (Lipinski definition) is 3. The van der Waals surface area contributed by atoms with Crippen LogP contribution in [0.2, 0.25) is 0 Å². The molecule has 6 aromatic rings. The number of nitrogens with zero attached hydrogens (tertiary/aromatic N) is 4. The van der Waals surface area contributed by atoms with Gasteiger partial charge in [0.2, 0.25) is 0 Å². The highest BCUT2D eigenvalue weighted by Crippen LogP contribution is 2.37. The van der Waals surface area contributed by atoms with Gasteiger partial charge in [-0.25, -0.2) is 9.97 Å². The number of imidazole rings is 1. The maximum Gasteiger partial charge on any atom is 0.137 e. The van der Waals surface area contributed by atoms with E-state index in [2.05, 4.69) is 124 Å². The van der Waals surface area contributed by atoms with E-state index in [0.29, 0.717) is 0 Å². The highest BCUT2D eigenvalue weighted by Gasteiger charge is 2.19. The van der Waals surface area contributed by atoms with E-state index < -0.39 is 0 Å². The van der Waals surface area contributed by atoms with Gasteiger partial charge >= 0.3 is 0 Å². The van der Waals surface area contributed by atoms with Crippen LogP contribution in [-0.2, 0) is 10.8 Å². The molecular weight excluding hydrogens is 480 g/mol. The van der Waals surface area contributed by atoms with Crippen LogP contribution in [0.5, 0.6) is 11.5 Å². The summed E-state index contributed by atoms with van der Waals surface area (Å²) in [6.45, 7) is 13.3. The molecule has 0 saturated heterocycles. The minimum Gasteiger partial charge on any atom is -0.457 e. The summed E-state index contributed by atoms with van der Waals surface area (Å²) in [4.78, 5) is 9.03. The maximum atomic E-state index is 6.56. The second kappa shape index (κ2) is 9.12. The summed E-state index contributed by atoms with van der Waals surface area (Å²) in [7, 11) is 0. The Morgan fingerprint density at radius 2 is 1.44 bits per heavy atom. The van der Waals surface area contributed by atoms with Crippen LogP contribution in [0.15, 0.2) is 97.7 Å². The van der Waals surface area contributed by atoms with Gasteiger partial charge in [0.1, 0.15) is 17.3 Å². The summed E-state index contributed by atoms with van der Waals surface area (Å²) < 4.78 is 10.8. The minimum absolute atomic E-state index is 0.0235. The lowest BCUT2D eigenvalue weighted by molar-refractivity contribution is 0.479. The van der Waals surface area contributed by atoms with Crippen molar-refractivity contribution in [3.05, 3.63) is 109 Å². The lowest BCUT2D eigenvalue weighted by Crippen LogP contribution is -2.12. The molecule has 0 amide bonds. The van der Waals surface area contributed by atoms with Crippen molar-refractivity contribution in [2.24, 2.45) is 0 Å². The number of rotatable bonds is 4. The Balaban J connectivity index is 1.50. The zero-order chi connectivity index (χ0) is 27.4. The quantitative estimate of drug-likeness (QED) is 0.236. The van der Waals surface area contributed by atoms with E-state index in [-0.39, 0.29) is 10.8 Å². The van der Waals surface area contributed by atoms with E-state index in [1.807, 2.05) is 23.3 Å². The predicted molar refractivity (Wildman–Crippen MR) is 160 cm³/mol. The molecule has 3 aromatic carbocycles. The Hall–Kier alpha value is -4.38. The number of aromatic nitrogens is 4. The zero-order valence-electron chi connectivity index (χ0n) is 23.4. The molecule has 196 valence electrons. The van der Waals surface area contributed by atoms with Crippen LogP contribution in [-0.4, -0.2) is 19.1 Å². The second-order valence-electron chi connectivity index (χ2n) is 12.2. The summed E-state index contributed by atoms with van der Waals surface area (Å²) in [5.74, 6) is 2.48. The van der Waals surface area contributed by atoms with Gasteiger partial charge in [-0.1, -0.05) is 59.7 Å². The average molecular weight is 515 g/mol. The first-order chi connectivity index (χ1) is 18.6. The van der Waals surface area contributed by atoms with Crippen LogP contribution in [0.3, 0.4) is 0 Å². The number of para-hydroxylation sites is 1. The Labute approximate surface area is 229 Å². The molecule has 0 aliphatic carbocycles. The molecule has 6 rings (SSSR count). The highest BCUT2D eigenvalue weighted by atomic mass is 16.5. The third kappa shape index (κ3) is 4.69. The normalized spacial score (nSPS) is 12.4. The predicted octanol–water partition coefficient (Wildman–Crippen LogP) is 8.75. The average Bonchev–Trinajstić information content (AvgIpc) is 3.54. The fraction of sp³-hybridized carbons (Fsp3) is 0.235. The van der Waals surface area contributed by atoms with E-state index in [1.165, 1.54) is 21.9 Å². The summed E-state index contributed by atoms with van der Waals surface area (Å²) in [6, 6.07) is 25.5. The van der Waals surface area contributed by atoms with Gasteiger partial charge in [0.05, 0.1) is 23.0 Å². The molecule has 39 heavy (non-hydrogen) atoms. The summed E-state index contributed by atoms with van der Waals surface area (Å²) >= 11 is 0. The molecule has 0 aliphatic heterocycles. The number of benzene rings is 3. The van der Waals surface area contributed by atoms with Crippen LogP contribution in [0, 0.1) is 0 Å². The molecule has 0 unspecified atom stereocenters. The fourth-order valence-electron chi connectivity index (χ4n) is 5.04. The van der Waals surface area contributed by atoms with Crippen LogP contribution < -0.4 is 4.74 Å². The SMILES string of the molecule is CC(C)(C)c1cc(Oc2ccc3c4ccccc4n(-c4cc(C(C)(C)C)ccn4)c3c2)cc(-n2ccnc2)c1. The molecule has 5 nitrogen and oxygen atoms in total. The molecule has 0 fully saturated rings. The molecule has 0 bridgehead atoms. The maximum absolute atomic E-state index is 6.56. The number of ether oxygens (including phenoxy) is 1. The van der Waals surface area contributed by atoms with Gasteiger partial charge in [-0.3, -0.25) is 4.57 Å². The van der Waals surface area contributed by atoms with E-state index >= 15 is 0 Å². The van der Waals surface area contributed by atoms with Crippen molar-refractivity contribution in [2.45, 2.75) is 52.4 Å². The van der Waals surface area contributed by atoms with E-state index in [0.717, 1.165) is 34.0 Å². The molecule has 5 heteroatoms. The van der Waals surface area contributed by atoms with Crippen molar-refractivity contribution in [3.63, 3.8) is 0 Å². The molecule has 0 radical (unpaired) electrons. The lowest BCUT2D eigenvalue weighted by atomic mass is 9.86. The topological polar surface area (TPSA) is 44.9 Å². The molecule has 0 saturated carbocycles. The third-order valence-electron chi connectivity index (χ3n) is 7.28. The number of hydrogen-bond donors (Lipinski definition) is 0. The van der Waals surface area contributed by atoms with E-state index in [1.54, 1.807) is 6.20 Å². The van der Waals surface area contributed by atoms with Crippen molar-refractivity contribution in [3.8, 4) is 23.0 Å². The van der Waals surface area contributed by atoms with Gasteiger partial charge < -0.3 is 9.30 Å². The second-order valence-corrected chi connectivity index (χ2v) is 12.2. The Morgan fingerprint density at radius 3 is 2.18 bits per heavy atom. The van der Waals surface area contributed by atoms with Crippen molar-refractivity contribution < 1.29 is 4.74 Å². The van der Waals surface area contributed by atoms with Gasteiger partial charge in [-0.15, -0.1) is 0 Å². The van der Waals surface area contributed by atoms with Gasteiger partial charge in [0.15, 0.2) is 0 Å².